The molecule has 3 amide bonds. The Morgan fingerprint density at radius 2 is 1.56 bits per heavy atom. The first-order chi connectivity index (χ1) is 20.5. The number of hydrogen-bond acceptors (Lipinski definition) is 7. The molecule has 45 heavy (non-hydrogen) atoms. The monoisotopic (exact) mass is 653 g/mol. The lowest BCUT2D eigenvalue weighted by Gasteiger charge is -2.38. The second-order valence-corrected chi connectivity index (χ2v) is 14.1. The minimum Gasteiger partial charge on any atom is -0.398 e. The highest BCUT2D eigenvalue weighted by molar-refractivity contribution is 7.90. The Hall–Kier alpha value is -3.91. The number of amides is 3. The van der Waals surface area contributed by atoms with Crippen molar-refractivity contribution in [1.29, 1.82) is 0 Å². The van der Waals surface area contributed by atoms with Crippen LogP contribution in [-0.2, 0) is 36.0 Å². The molecular weight excluding hydrogens is 611 g/mol. The molecule has 248 valence electrons. The predicted molar refractivity (Wildman–Crippen MR) is 166 cm³/mol. The van der Waals surface area contributed by atoms with Gasteiger partial charge in [-0.2, -0.15) is 13.2 Å². The Balaban J connectivity index is 2.19. The largest absolute Gasteiger partial charge is 0.418 e. The zero-order valence-corrected chi connectivity index (χ0v) is 27.5. The summed E-state index contributed by atoms with van der Waals surface area (Å²) in [7, 11) is -1.55. The van der Waals surface area contributed by atoms with Gasteiger partial charge in [0.15, 0.2) is 0 Å². The molecule has 0 saturated carbocycles. The lowest BCUT2D eigenvalue weighted by Crippen LogP contribution is -2.60. The second-order valence-electron chi connectivity index (χ2n) is 12.4. The van der Waals surface area contributed by atoms with Crippen LogP contribution < -0.4 is 21.1 Å². The maximum absolute atomic E-state index is 13.6. The lowest BCUT2D eigenvalue weighted by molar-refractivity contribution is -0.139. The number of carbonyl (C=O) groups excluding carboxylic acids is 3. The molecule has 0 aliphatic carbocycles. The third kappa shape index (κ3) is 9.30. The highest BCUT2D eigenvalue weighted by Gasteiger charge is 2.40. The lowest BCUT2D eigenvalue weighted by atomic mass is 9.76. The fourth-order valence-electron chi connectivity index (χ4n) is 4.61. The molecule has 0 radical (unpaired) electrons. The van der Waals surface area contributed by atoms with E-state index >= 15 is 0 Å². The van der Waals surface area contributed by atoms with E-state index in [1.54, 1.807) is 32.5 Å². The molecule has 0 aromatic heterocycles. The van der Waals surface area contributed by atoms with Crippen LogP contribution in [0.1, 0.15) is 52.7 Å². The van der Waals surface area contributed by atoms with Crippen molar-refractivity contribution >= 4 is 33.4 Å². The Morgan fingerprint density at radius 3 is 2.07 bits per heavy atom. The summed E-state index contributed by atoms with van der Waals surface area (Å²) in [5.41, 5.74) is 2.78. The van der Waals surface area contributed by atoms with E-state index < -0.39 is 67.1 Å². The summed E-state index contributed by atoms with van der Waals surface area (Å²) in [6, 6.07) is 9.81. The van der Waals surface area contributed by atoms with E-state index in [0.717, 1.165) is 17.7 Å². The number of benzene rings is 2. The normalized spacial score (nSPS) is 14.3. The average Bonchev–Trinajstić information content (AvgIpc) is 2.93. The van der Waals surface area contributed by atoms with Crippen molar-refractivity contribution in [3.63, 3.8) is 0 Å². The number of hydrogen-bond donors (Lipinski definition) is 4. The van der Waals surface area contributed by atoms with Gasteiger partial charge in [-0.05, 0) is 43.1 Å². The van der Waals surface area contributed by atoms with Crippen LogP contribution in [0.15, 0.2) is 65.1 Å². The number of nitrogens with two attached hydrogens (primary N) is 1. The number of nitrogen functional groups attached to an aromatic ring is 1. The number of nitrogens with zero attached hydrogens (tertiary/aromatic N) is 1. The predicted octanol–water partition coefficient (Wildman–Crippen LogP) is 3.59. The highest BCUT2D eigenvalue weighted by Crippen LogP contribution is 2.35. The molecule has 14 heteroatoms. The average molecular weight is 654 g/mol. The van der Waals surface area contributed by atoms with Crippen molar-refractivity contribution in [3.05, 3.63) is 71.3 Å². The summed E-state index contributed by atoms with van der Waals surface area (Å²) in [5.74, 6) is -1.94. The third-order valence-corrected chi connectivity index (χ3v) is 8.79. The van der Waals surface area contributed by atoms with Crippen molar-refractivity contribution in [3.8, 4) is 0 Å². The van der Waals surface area contributed by atoms with E-state index in [1.165, 1.54) is 24.9 Å². The van der Waals surface area contributed by atoms with Crippen molar-refractivity contribution in [2.24, 2.45) is 5.41 Å². The Labute approximate surface area is 262 Å². The molecule has 2 rings (SSSR count). The van der Waals surface area contributed by atoms with Gasteiger partial charge in [-0.15, -0.1) is 0 Å². The van der Waals surface area contributed by atoms with Gasteiger partial charge < -0.3 is 21.3 Å². The Morgan fingerprint density at radius 1 is 0.978 bits per heavy atom. The summed E-state index contributed by atoms with van der Waals surface area (Å²) in [4.78, 5) is 40.2. The topological polar surface area (TPSA) is 151 Å². The van der Waals surface area contributed by atoms with Gasteiger partial charge in [0.2, 0.25) is 11.8 Å². The maximum Gasteiger partial charge on any atom is 0.418 e. The fraction of sp³-hybridized carbons (Fsp3) is 0.452. The van der Waals surface area contributed by atoms with Gasteiger partial charge in [0.1, 0.15) is 6.04 Å². The molecule has 0 saturated heterocycles. The van der Waals surface area contributed by atoms with Crippen molar-refractivity contribution in [2.75, 3.05) is 26.4 Å². The molecule has 2 aromatic rings. The number of likely N-dealkylation sites (N-methyl/N-ethyl adjacent to an activating group) is 2. The zero-order chi connectivity index (χ0) is 34.5. The SMILES string of the molecule is CN[C@H](C(=O)NC(C(=O)N(C)C/C=C(\C)C(=O)NS(=O)(=O)c1ccc(N)c(C(F)(F)F)c1)C(C)(C)C)C(C)(C)c1ccccc1. The fourth-order valence-corrected chi connectivity index (χ4v) is 5.66. The molecule has 0 aliphatic rings. The summed E-state index contributed by atoms with van der Waals surface area (Å²) < 4.78 is 66.6. The molecule has 2 atom stereocenters. The van der Waals surface area contributed by atoms with Gasteiger partial charge >= 0.3 is 6.18 Å². The van der Waals surface area contributed by atoms with Crippen LogP contribution in [0, 0.1) is 5.41 Å². The van der Waals surface area contributed by atoms with Crippen LogP contribution in [-0.4, -0.2) is 63.8 Å². The van der Waals surface area contributed by atoms with Crippen molar-refractivity contribution in [1.82, 2.24) is 20.3 Å². The smallest absolute Gasteiger partial charge is 0.398 e. The molecule has 2 aromatic carbocycles. The molecule has 5 N–H and O–H groups in total. The zero-order valence-electron chi connectivity index (χ0n) is 26.7. The van der Waals surface area contributed by atoms with E-state index in [0.29, 0.717) is 6.07 Å². The van der Waals surface area contributed by atoms with Crippen LogP contribution in [0.25, 0.3) is 0 Å². The van der Waals surface area contributed by atoms with Gasteiger partial charge in [0.25, 0.3) is 15.9 Å². The van der Waals surface area contributed by atoms with E-state index in [2.05, 4.69) is 10.6 Å². The second kappa shape index (κ2) is 14.0. The molecule has 0 spiro atoms. The molecule has 0 aliphatic heterocycles. The maximum atomic E-state index is 13.6. The van der Waals surface area contributed by atoms with Crippen LogP contribution in [0.4, 0.5) is 18.9 Å². The van der Waals surface area contributed by atoms with Gasteiger partial charge in [-0.3, -0.25) is 14.4 Å². The van der Waals surface area contributed by atoms with Crippen LogP contribution in [0.5, 0.6) is 0 Å². The third-order valence-electron chi connectivity index (χ3n) is 7.46. The van der Waals surface area contributed by atoms with Crippen molar-refractivity contribution < 1.29 is 36.0 Å². The number of halogens is 3. The quantitative estimate of drug-likeness (QED) is 0.214. The van der Waals surface area contributed by atoms with E-state index in [-0.39, 0.29) is 18.0 Å². The Kier molecular flexibility index (Phi) is 11.6. The number of anilines is 1. The molecule has 0 heterocycles. The highest BCUT2D eigenvalue weighted by atomic mass is 32.2. The number of alkyl halides is 3. The first-order valence-corrected chi connectivity index (χ1v) is 15.5. The number of rotatable bonds is 11. The number of nitrogens with one attached hydrogen (secondary N) is 3. The first-order valence-electron chi connectivity index (χ1n) is 14.0. The molecular formula is C31H42F3N5O5S. The van der Waals surface area contributed by atoms with Crippen LogP contribution in [0.2, 0.25) is 0 Å². The number of sulfonamides is 1. The van der Waals surface area contributed by atoms with Crippen molar-refractivity contribution in [2.45, 2.75) is 70.1 Å². The summed E-state index contributed by atoms with van der Waals surface area (Å²) in [6.45, 7) is 10.4. The van der Waals surface area contributed by atoms with Gasteiger partial charge in [-0.25, -0.2) is 13.1 Å². The number of carbonyl (C=O) groups is 3. The van der Waals surface area contributed by atoms with Gasteiger partial charge in [0.05, 0.1) is 16.5 Å². The van der Waals surface area contributed by atoms with Gasteiger partial charge in [-0.1, -0.05) is 71.0 Å². The van der Waals surface area contributed by atoms with Crippen LogP contribution in [0.3, 0.4) is 0 Å². The first kappa shape index (κ1) is 37.3. The standard InChI is InChI=1S/C31H42F3N5O5S/c1-19(26(40)38-45(43,44)21-14-15-23(35)22(18-21)31(32,33)34)16-17-39(8)28(42)25(29(2,3)4)37-27(41)24(36-7)30(5,6)20-12-10-9-11-13-20/h9-16,18,24-25,36H,17,35H2,1-8H3,(H,37,41)(H,38,40)/b19-16+/t24-,25?/m1/s1. The van der Waals surface area contributed by atoms with E-state index in [1.807, 2.05) is 44.2 Å². The molecule has 1 unspecified atom stereocenters. The molecule has 0 bridgehead atoms. The van der Waals surface area contributed by atoms with Crippen LogP contribution >= 0.6 is 0 Å². The Bertz CT molecular complexity index is 1530. The minimum absolute atomic E-state index is 0.110. The summed E-state index contributed by atoms with van der Waals surface area (Å²) in [6.07, 6.45) is -3.60. The summed E-state index contributed by atoms with van der Waals surface area (Å²) in [5, 5.41) is 5.94. The molecule has 10 nitrogen and oxygen atoms in total. The van der Waals surface area contributed by atoms with E-state index in [4.69, 9.17) is 5.73 Å². The van der Waals surface area contributed by atoms with E-state index in [9.17, 15) is 36.0 Å². The minimum atomic E-state index is -4.90. The summed E-state index contributed by atoms with van der Waals surface area (Å²) >= 11 is 0. The molecule has 0 fully saturated rings. The van der Waals surface area contributed by atoms with Gasteiger partial charge in [0, 0.05) is 30.3 Å².